The van der Waals surface area contributed by atoms with Crippen LogP contribution < -0.4 is 0 Å². The van der Waals surface area contributed by atoms with E-state index >= 15 is 0 Å². The second kappa shape index (κ2) is 7.41. The molecule has 2 saturated heterocycles. The number of hydrogen-bond donors (Lipinski definition) is 0. The van der Waals surface area contributed by atoms with Crippen LogP contribution in [-0.2, 0) is 9.53 Å². The highest BCUT2D eigenvalue weighted by molar-refractivity contribution is 6.05. The highest BCUT2D eigenvalue weighted by Gasteiger charge is 2.32. The molecular formula is C20H23N3O3. The van der Waals surface area contributed by atoms with E-state index in [1.54, 1.807) is 6.20 Å². The summed E-state index contributed by atoms with van der Waals surface area (Å²) in [4.78, 5) is 34.0. The van der Waals surface area contributed by atoms with E-state index in [1.807, 2.05) is 40.1 Å². The topological polar surface area (TPSA) is 62.7 Å². The molecule has 2 aliphatic rings. The van der Waals surface area contributed by atoms with Gasteiger partial charge in [-0.25, -0.2) is 0 Å². The second-order valence-corrected chi connectivity index (χ2v) is 6.91. The summed E-state index contributed by atoms with van der Waals surface area (Å²) in [6.07, 6.45) is 3.40. The molecule has 3 heterocycles. The number of nitrogens with zero attached hydrogens (tertiary/aromatic N) is 3. The van der Waals surface area contributed by atoms with E-state index in [0.29, 0.717) is 45.0 Å². The maximum Gasteiger partial charge on any atom is 0.256 e. The van der Waals surface area contributed by atoms with Gasteiger partial charge in [0.1, 0.15) is 0 Å². The predicted molar refractivity (Wildman–Crippen MR) is 97.8 cm³/mol. The van der Waals surface area contributed by atoms with Crippen molar-refractivity contribution >= 4 is 22.7 Å². The fourth-order valence-electron chi connectivity index (χ4n) is 3.85. The van der Waals surface area contributed by atoms with Gasteiger partial charge >= 0.3 is 0 Å². The number of aromatic nitrogens is 1. The van der Waals surface area contributed by atoms with Gasteiger partial charge in [0.25, 0.3) is 5.91 Å². The van der Waals surface area contributed by atoms with E-state index in [1.165, 1.54) is 0 Å². The fraction of sp³-hybridized carbons (Fsp3) is 0.450. The number of para-hydroxylation sites is 1. The zero-order chi connectivity index (χ0) is 17.9. The van der Waals surface area contributed by atoms with E-state index in [0.717, 1.165) is 23.7 Å². The summed E-state index contributed by atoms with van der Waals surface area (Å²) in [5.41, 5.74) is 1.34. The number of ether oxygens (including phenoxy) is 1. The Balaban J connectivity index is 1.52. The normalized spacial score (nSPS) is 21.0. The molecule has 1 aromatic heterocycles. The Labute approximate surface area is 152 Å². The number of morpholine rings is 1. The van der Waals surface area contributed by atoms with Gasteiger partial charge in [-0.05, 0) is 25.0 Å². The second-order valence-electron chi connectivity index (χ2n) is 6.91. The molecule has 2 aliphatic heterocycles. The summed E-state index contributed by atoms with van der Waals surface area (Å²) < 4.78 is 5.33. The number of amides is 2. The lowest BCUT2D eigenvalue weighted by atomic mass is 9.95. The van der Waals surface area contributed by atoms with Crippen LogP contribution in [0, 0.1) is 5.92 Å². The molecule has 1 atom stereocenters. The van der Waals surface area contributed by atoms with Crippen molar-refractivity contribution in [2.24, 2.45) is 5.92 Å². The van der Waals surface area contributed by atoms with Crippen LogP contribution in [0.4, 0.5) is 0 Å². The molecule has 0 saturated carbocycles. The number of pyridine rings is 1. The predicted octanol–water partition coefficient (Wildman–Crippen LogP) is 1.95. The van der Waals surface area contributed by atoms with Crippen LogP contribution in [0.15, 0.2) is 36.5 Å². The number of fused-ring (bicyclic) bond motifs is 1. The first kappa shape index (κ1) is 17.0. The van der Waals surface area contributed by atoms with Crippen molar-refractivity contribution in [2.45, 2.75) is 12.8 Å². The van der Waals surface area contributed by atoms with Crippen molar-refractivity contribution in [2.75, 3.05) is 39.4 Å². The number of piperidine rings is 1. The minimum absolute atomic E-state index is 0.0335. The molecule has 4 rings (SSSR count). The summed E-state index contributed by atoms with van der Waals surface area (Å²) in [5.74, 6) is 0.00404. The largest absolute Gasteiger partial charge is 0.378 e. The minimum Gasteiger partial charge on any atom is -0.378 e. The van der Waals surface area contributed by atoms with Gasteiger partial charge in [-0.1, -0.05) is 18.2 Å². The van der Waals surface area contributed by atoms with Gasteiger partial charge in [0.05, 0.1) is 30.2 Å². The van der Waals surface area contributed by atoms with Gasteiger partial charge in [0, 0.05) is 37.8 Å². The average molecular weight is 353 g/mol. The van der Waals surface area contributed by atoms with Crippen molar-refractivity contribution in [1.29, 1.82) is 0 Å². The summed E-state index contributed by atoms with van der Waals surface area (Å²) >= 11 is 0. The maximum atomic E-state index is 13.1. The van der Waals surface area contributed by atoms with E-state index in [2.05, 4.69) is 4.98 Å². The van der Waals surface area contributed by atoms with E-state index in [9.17, 15) is 9.59 Å². The number of hydrogen-bond acceptors (Lipinski definition) is 4. The Hall–Kier alpha value is -2.47. The van der Waals surface area contributed by atoms with Crippen LogP contribution >= 0.6 is 0 Å². The summed E-state index contributed by atoms with van der Waals surface area (Å²) in [6, 6.07) is 9.50. The highest BCUT2D eigenvalue weighted by atomic mass is 16.5. The summed E-state index contributed by atoms with van der Waals surface area (Å²) in [7, 11) is 0. The maximum absolute atomic E-state index is 13.1. The van der Waals surface area contributed by atoms with Crippen molar-refractivity contribution in [3.05, 3.63) is 42.1 Å². The average Bonchev–Trinajstić information content (AvgIpc) is 2.73. The third-order valence-electron chi connectivity index (χ3n) is 5.24. The standard InChI is InChI=1S/C20H23N3O3/c24-19(22-10-12-26-13-11-22)16-6-3-9-23(14-16)20(25)17-7-1-4-15-5-2-8-21-18(15)17/h1-2,4-5,7-8,16H,3,6,9-14H2. The molecule has 0 bridgehead atoms. The lowest BCUT2D eigenvalue weighted by Crippen LogP contribution is -2.49. The first-order chi connectivity index (χ1) is 12.7. The van der Waals surface area contributed by atoms with Crippen LogP contribution in [0.25, 0.3) is 10.9 Å². The Kier molecular flexibility index (Phi) is 4.84. The van der Waals surface area contributed by atoms with Crippen molar-refractivity contribution in [1.82, 2.24) is 14.8 Å². The smallest absolute Gasteiger partial charge is 0.256 e. The lowest BCUT2D eigenvalue weighted by Gasteiger charge is -2.36. The third-order valence-corrected chi connectivity index (χ3v) is 5.24. The molecule has 1 aromatic carbocycles. The monoisotopic (exact) mass is 353 g/mol. The van der Waals surface area contributed by atoms with Crippen molar-refractivity contribution in [3.63, 3.8) is 0 Å². The van der Waals surface area contributed by atoms with Gasteiger partial charge in [0.15, 0.2) is 0 Å². The number of rotatable bonds is 2. The Morgan fingerprint density at radius 1 is 1.04 bits per heavy atom. The molecule has 0 radical (unpaired) electrons. The molecule has 2 amide bonds. The molecule has 136 valence electrons. The molecule has 2 fully saturated rings. The number of carbonyl (C=O) groups is 2. The Bertz CT molecular complexity index is 812. The minimum atomic E-state index is -0.117. The van der Waals surface area contributed by atoms with Crippen LogP contribution in [0.2, 0.25) is 0 Å². The van der Waals surface area contributed by atoms with E-state index < -0.39 is 0 Å². The Morgan fingerprint density at radius 3 is 2.69 bits per heavy atom. The van der Waals surface area contributed by atoms with E-state index in [4.69, 9.17) is 4.74 Å². The Morgan fingerprint density at radius 2 is 1.85 bits per heavy atom. The first-order valence-corrected chi connectivity index (χ1v) is 9.23. The molecule has 6 heteroatoms. The molecule has 0 N–H and O–H groups in total. The van der Waals surface area contributed by atoms with E-state index in [-0.39, 0.29) is 17.7 Å². The van der Waals surface area contributed by atoms with Gasteiger partial charge in [0.2, 0.25) is 5.91 Å². The van der Waals surface area contributed by atoms with Crippen molar-refractivity contribution < 1.29 is 14.3 Å². The van der Waals surface area contributed by atoms with Crippen LogP contribution in [0.5, 0.6) is 0 Å². The molecule has 26 heavy (non-hydrogen) atoms. The van der Waals surface area contributed by atoms with Crippen LogP contribution in [0.3, 0.4) is 0 Å². The summed E-state index contributed by atoms with van der Waals surface area (Å²) in [6.45, 7) is 3.67. The zero-order valence-corrected chi connectivity index (χ0v) is 14.8. The molecule has 2 aromatic rings. The molecular weight excluding hydrogens is 330 g/mol. The first-order valence-electron chi connectivity index (χ1n) is 9.23. The fourth-order valence-corrected chi connectivity index (χ4v) is 3.85. The number of likely N-dealkylation sites (tertiary alicyclic amines) is 1. The molecule has 1 unspecified atom stereocenters. The molecule has 0 aliphatic carbocycles. The third kappa shape index (κ3) is 3.29. The molecule has 0 spiro atoms. The van der Waals surface area contributed by atoms with Crippen LogP contribution in [-0.4, -0.2) is 66.0 Å². The summed E-state index contributed by atoms with van der Waals surface area (Å²) in [5, 5.41) is 0.955. The lowest BCUT2D eigenvalue weighted by molar-refractivity contribution is -0.141. The molecule has 6 nitrogen and oxygen atoms in total. The van der Waals surface area contributed by atoms with Crippen LogP contribution in [0.1, 0.15) is 23.2 Å². The van der Waals surface area contributed by atoms with Gasteiger partial charge in [-0.3, -0.25) is 14.6 Å². The quantitative estimate of drug-likeness (QED) is 0.828. The van der Waals surface area contributed by atoms with Gasteiger partial charge < -0.3 is 14.5 Å². The number of carbonyl (C=O) groups excluding carboxylic acids is 2. The zero-order valence-electron chi connectivity index (χ0n) is 14.8. The van der Waals surface area contributed by atoms with Crippen molar-refractivity contribution in [3.8, 4) is 0 Å². The van der Waals surface area contributed by atoms with Gasteiger partial charge in [-0.2, -0.15) is 0 Å². The highest BCUT2D eigenvalue weighted by Crippen LogP contribution is 2.23. The SMILES string of the molecule is O=C(c1cccc2cccnc12)N1CCCC(C(=O)N2CCOCC2)C1. The number of benzene rings is 1. The van der Waals surface area contributed by atoms with Gasteiger partial charge in [-0.15, -0.1) is 0 Å².